The van der Waals surface area contributed by atoms with Crippen molar-refractivity contribution in [1.29, 1.82) is 0 Å². The third-order valence-corrected chi connectivity index (χ3v) is 5.59. The molecule has 0 aliphatic carbocycles. The number of rotatable bonds is 2. The molecule has 0 unspecified atom stereocenters. The summed E-state index contributed by atoms with van der Waals surface area (Å²) in [5.41, 5.74) is 0.153. The van der Waals surface area contributed by atoms with Gasteiger partial charge in [0, 0.05) is 10.9 Å². The van der Waals surface area contributed by atoms with E-state index in [2.05, 4.69) is 0 Å². The number of hydrogen-bond donors (Lipinski definition) is 4. The number of aromatic hydroxyl groups is 2. The molecule has 0 bridgehead atoms. The maximum atomic E-state index is 11.1. The van der Waals surface area contributed by atoms with Gasteiger partial charge in [-0.1, -0.05) is 36.4 Å². The van der Waals surface area contributed by atoms with Gasteiger partial charge >= 0.3 is 0 Å². The molecule has 0 aliphatic heterocycles. The highest BCUT2D eigenvalue weighted by Gasteiger charge is 2.18. The van der Waals surface area contributed by atoms with Crippen molar-refractivity contribution in [3.8, 4) is 11.5 Å². The highest BCUT2D eigenvalue weighted by Crippen LogP contribution is 2.30. The Balaban J connectivity index is 0.000000273. The number of benzene rings is 3. The number of carbonyl (C=O) groups excluding carboxylic acids is 1. The Bertz CT molecular complexity index is 1220. The minimum absolute atomic E-state index is 0.148. The standard InChI is InChI=1S/C10H8O4S.C7H8O4S.CH2O/c11-9-6-5-7-3-1-2-4-8(7)10(9)15(12,13)14;1-5-6(8)3-2-4-7(5)12(9,10)11;1-2/h1-6,11H,(H,12,13,14);2-4,8H,1H3,(H,9,10,11);1H2. The first-order valence-electron chi connectivity index (χ1n) is 7.66. The zero-order valence-corrected chi connectivity index (χ0v) is 16.7. The molecule has 4 N–H and O–H groups in total. The zero-order valence-electron chi connectivity index (χ0n) is 15.0. The SMILES string of the molecule is C=O.Cc1c(O)cccc1S(=O)(=O)O.O=S(=O)(O)c1c(O)ccc2ccccc12. The molecule has 29 heavy (non-hydrogen) atoms. The fourth-order valence-corrected chi connectivity index (χ4v) is 3.92. The van der Waals surface area contributed by atoms with Crippen LogP contribution in [0, 0.1) is 6.92 Å². The van der Waals surface area contributed by atoms with E-state index in [0.29, 0.717) is 10.8 Å². The van der Waals surface area contributed by atoms with E-state index in [-0.39, 0.29) is 16.2 Å². The Morgan fingerprint density at radius 1 is 0.724 bits per heavy atom. The summed E-state index contributed by atoms with van der Waals surface area (Å²) in [6, 6.07) is 13.4. The second kappa shape index (κ2) is 9.47. The van der Waals surface area contributed by atoms with E-state index in [0.717, 1.165) is 0 Å². The first-order chi connectivity index (χ1) is 13.4. The molecule has 0 heterocycles. The molecule has 156 valence electrons. The third-order valence-electron chi connectivity index (χ3n) is 3.65. The normalized spacial score (nSPS) is 11.0. The molecular formula is C18H18O9S2. The Labute approximate surface area is 167 Å². The Hall–Kier alpha value is -2.99. The molecule has 0 aliphatic rings. The summed E-state index contributed by atoms with van der Waals surface area (Å²) in [5.74, 6) is -0.596. The van der Waals surface area contributed by atoms with E-state index in [1.165, 1.54) is 37.3 Å². The molecule has 3 aromatic rings. The van der Waals surface area contributed by atoms with Crippen LogP contribution >= 0.6 is 0 Å². The van der Waals surface area contributed by atoms with Gasteiger partial charge in [-0.05, 0) is 30.5 Å². The van der Waals surface area contributed by atoms with Crippen molar-refractivity contribution in [2.24, 2.45) is 0 Å². The summed E-state index contributed by atoms with van der Waals surface area (Å²) >= 11 is 0. The maximum Gasteiger partial charge on any atom is 0.298 e. The van der Waals surface area contributed by atoms with Crippen molar-refractivity contribution in [3.05, 3.63) is 60.2 Å². The Morgan fingerprint density at radius 3 is 1.83 bits per heavy atom. The largest absolute Gasteiger partial charge is 0.508 e. The van der Waals surface area contributed by atoms with Gasteiger partial charge in [0.2, 0.25) is 0 Å². The van der Waals surface area contributed by atoms with Gasteiger partial charge in [0.1, 0.15) is 28.1 Å². The fraction of sp³-hybridized carbons (Fsp3) is 0.0556. The molecule has 0 saturated heterocycles. The molecule has 0 radical (unpaired) electrons. The third kappa shape index (κ3) is 5.99. The molecule has 11 heteroatoms. The van der Waals surface area contributed by atoms with Crippen LogP contribution in [-0.2, 0) is 25.0 Å². The van der Waals surface area contributed by atoms with Crippen LogP contribution in [-0.4, -0.2) is 42.9 Å². The van der Waals surface area contributed by atoms with Gasteiger partial charge in [-0.25, -0.2) is 0 Å². The van der Waals surface area contributed by atoms with Crippen molar-refractivity contribution in [2.45, 2.75) is 16.7 Å². The molecule has 0 aromatic heterocycles. The first kappa shape index (κ1) is 24.0. The molecule has 0 atom stereocenters. The van der Waals surface area contributed by atoms with Crippen molar-refractivity contribution in [2.75, 3.05) is 0 Å². The summed E-state index contributed by atoms with van der Waals surface area (Å²) in [6.45, 7) is 3.42. The molecule has 0 spiro atoms. The van der Waals surface area contributed by atoms with Gasteiger partial charge in [-0.2, -0.15) is 16.8 Å². The first-order valence-corrected chi connectivity index (χ1v) is 10.5. The summed E-state index contributed by atoms with van der Waals surface area (Å²) in [6.07, 6.45) is 0. The summed E-state index contributed by atoms with van der Waals surface area (Å²) in [5, 5.41) is 19.4. The van der Waals surface area contributed by atoms with Gasteiger partial charge in [0.05, 0.1) is 0 Å². The van der Waals surface area contributed by atoms with E-state index in [1.807, 2.05) is 6.79 Å². The average molecular weight is 442 g/mol. The van der Waals surface area contributed by atoms with Gasteiger partial charge in [-0.3, -0.25) is 9.11 Å². The summed E-state index contributed by atoms with van der Waals surface area (Å²) < 4.78 is 61.1. The molecule has 0 amide bonds. The van der Waals surface area contributed by atoms with Crippen LogP contribution in [0.1, 0.15) is 5.56 Å². The fourth-order valence-electron chi connectivity index (χ4n) is 2.38. The topological polar surface area (TPSA) is 166 Å². The van der Waals surface area contributed by atoms with Crippen LogP contribution in [0.4, 0.5) is 0 Å². The Morgan fingerprint density at radius 2 is 1.31 bits per heavy atom. The summed E-state index contributed by atoms with van der Waals surface area (Å²) in [7, 11) is -8.63. The zero-order chi connectivity index (χ0) is 22.4. The lowest BCUT2D eigenvalue weighted by Gasteiger charge is -2.05. The predicted octanol–water partition coefficient (Wildman–Crippen LogP) is 2.55. The van der Waals surface area contributed by atoms with E-state index in [4.69, 9.17) is 19.0 Å². The van der Waals surface area contributed by atoms with E-state index in [1.54, 1.807) is 24.3 Å². The van der Waals surface area contributed by atoms with E-state index in [9.17, 15) is 21.9 Å². The molecule has 0 fully saturated rings. The van der Waals surface area contributed by atoms with Gasteiger partial charge in [0.15, 0.2) is 0 Å². The van der Waals surface area contributed by atoms with Crippen LogP contribution in [0.2, 0.25) is 0 Å². The second-order valence-corrected chi connectivity index (χ2v) is 8.23. The highest BCUT2D eigenvalue weighted by molar-refractivity contribution is 7.86. The number of phenols is 2. The van der Waals surface area contributed by atoms with Gasteiger partial charge < -0.3 is 15.0 Å². The molecule has 3 rings (SSSR count). The summed E-state index contributed by atoms with van der Waals surface area (Å²) in [4.78, 5) is 7.29. The minimum atomic E-state index is -4.41. The maximum absolute atomic E-state index is 11.1. The van der Waals surface area contributed by atoms with Crippen LogP contribution in [0.5, 0.6) is 11.5 Å². The minimum Gasteiger partial charge on any atom is -0.508 e. The monoisotopic (exact) mass is 442 g/mol. The van der Waals surface area contributed by atoms with Crippen molar-refractivity contribution >= 4 is 37.8 Å². The van der Waals surface area contributed by atoms with Crippen molar-refractivity contribution in [1.82, 2.24) is 0 Å². The molecule has 0 saturated carbocycles. The van der Waals surface area contributed by atoms with Crippen LogP contribution in [0.3, 0.4) is 0 Å². The van der Waals surface area contributed by atoms with Gasteiger partial charge in [0.25, 0.3) is 20.2 Å². The lowest BCUT2D eigenvalue weighted by atomic mass is 10.1. The van der Waals surface area contributed by atoms with Gasteiger partial charge in [-0.15, -0.1) is 0 Å². The average Bonchev–Trinajstić information content (AvgIpc) is 2.64. The van der Waals surface area contributed by atoms with E-state index >= 15 is 0 Å². The van der Waals surface area contributed by atoms with Crippen LogP contribution in [0.25, 0.3) is 10.8 Å². The van der Waals surface area contributed by atoms with Crippen molar-refractivity contribution in [3.63, 3.8) is 0 Å². The Kier molecular flexibility index (Phi) is 7.86. The highest BCUT2D eigenvalue weighted by atomic mass is 32.2. The number of phenolic OH excluding ortho intramolecular Hbond substituents is 2. The number of fused-ring (bicyclic) bond motifs is 1. The smallest absolute Gasteiger partial charge is 0.298 e. The quantitative estimate of drug-likeness (QED) is 0.436. The lowest BCUT2D eigenvalue weighted by Crippen LogP contribution is -2.00. The second-order valence-electron chi connectivity index (χ2n) is 5.49. The van der Waals surface area contributed by atoms with E-state index < -0.39 is 30.9 Å². The van der Waals surface area contributed by atoms with Crippen molar-refractivity contribution < 1.29 is 40.9 Å². The van der Waals surface area contributed by atoms with Crippen LogP contribution in [0.15, 0.2) is 64.4 Å². The lowest BCUT2D eigenvalue weighted by molar-refractivity contribution is -0.0980. The van der Waals surface area contributed by atoms with Crippen LogP contribution < -0.4 is 0 Å². The predicted molar refractivity (Wildman–Crippen MR) is 105 cm³/mol. The number of hydrogen-bond acceptors (Lipinski definition) is 7. The number of carbonyl (C=O) groups is 1. The molecule has 3 aromatic carbocycles. The molecular weight excluding hydrogens is 424 g/mol. The molecule has 9 nitrogen and oxygen atoms in total.